The van der Waals surface area contributed by atoms with Crippen LogP contribution >= 0.6 is 15.9 Å². The van der Waals surface area contributed by atoms with Gasteiger partial charge in [0.15, 0.2) is 5.82 Å². The maximum absolute atomic E-state index is 13.4. The number of rotatable bonds is 5. The lowest BCUT2D eigenvalue weighted by Crippen LogP contribution is -2.34. The first-order chi connectivity index (χ1) is 8.81. The molecule has 1 rings (SSSR count). The van der Waals surface area contributed by atoms with Gasteiger partial charge in [0.25, 0.3) is 0 Å². The van der Waals surface area contributed by atoms with E-state index in [2.05, 4.69) is 26.8 Å². The summed E-state index contributed by atoms with van der Waals surface area (Å²) in [5, 5.41) is 9.52. The number of carbonyl (C=O) groups excluding carboxylic acids is 1. The van der Waals surface area contributed by atoms with Gasteiger partial charge in [-0.1, -0.05) is 13.8 Å². The van der Waals surface area contributed by atoms with Gasteiger partial charge in [-0.15, -0.1) is 0 Å². The Labute approximate surface area is 118 Å². The molecule has 0 radical (unpaired) electrons. The molecule has 0 saturated heterocycles. The summed E-state index contributed by atoms with van der Waals surface area (Å²) >= 11 is 2.98. The minimum absolute atomic E-state index is 0.0555. The zero-order chi connectivity index (χ0) is 14.6. The molecule has 0 bridgehead atoms. The summed E-state index contributed by atoms with van der Waals surface area (Å²) in [5.41, 5.74) is 4.52. The van der Waals surface area contributed by atoms with E-state index in [1.807, 2.05) is 0 Å². The van der Waals surface area contributed by atoms with Gasteiger partial charge < -0.3 is 5.11 Å². The second-order valence-corrected chi connectivity index (χ2v) is 5.29. The van der Waals surface area contributed by atoms with Gasteiger partial charge in [0.1, 0.15) is 11.5 Å². The number of anilines is 1. The van der Waals surface area contributed by atoms with Gasteiger partial charge in [0.2, 0.25) is 5.91 Å². The van der Waals surface area contributed by atoms with E-state index in [0.717, 1.165) is 6.07 Å². The predicted molar refractivity (Wildman–Crippen MR) is 71.3 cm³/mol. The maximum atomic E-state index is 13.4. The summed E-state index contributed by atoms with van der Waals surface area (Å²) < 4.78 is 26.4. The molecule has 1 amide bonds. The third-order valence-corrected chi connectivity index (χ3v) is 3.12. The van der Waals surface area contributed by atoms with Crippen LogP contribution in [0.1, 0.15) is 20.3 Å². The highest BCUT2D eigenvalue weighted by Gasteiger charge is 2.15. The lowest BCUT2D eigenvalue weighted by Gasteiger charge is -2.15. The molecule has 1 atom stereocenters. The Morgan fingerprint density at radius 1 is 1.42 bits per heavy atom. The minimum Gasteiger partial charge on any atom is -0.392 e. The number of amides is 1. The monoisotopic (exact) mass is 336 g/mol. The number of benzene rings is 1. The molecule has 106 valence electrons. The van der Waals surface area contributed by atoms with Crippen LogP contribution in [0.3, 0.4) is 0 Å². The smallest absolute Gasteiger partial charge is 0.240 e. The second kappa shape index (κ2) is 6.81. The Bertz CT molecular complexity index is 446. The molecular weight excluding hydrogens is 322 g/mol. The van der Waals surface area contributed by atoms with E-state index in [0.29, 0.717) is 6.07 Å². The van der Waals surface area contributed by atoms with Gasteiger partial charge in [-0.25, -0.2) is 8.78 Å². The summed E-state index contributed by atoms with van der Waals surface area (Å²) in [6, 6.07) is 1.77. The van der Waals surface area contributed by atoms with Gasteiger partial charge in [0, 0.05) is 10.5 Å². The van der Waals surface area contributed by atoms with Gasteiger partial charge >= 0.3 is 0 Å². The Morgan fingerprint density at radius 3 is 2.58 bits per heavy atom. The summed E-state index contributed by atoms with van der Waals surface area (Å²) in [5.74, 6) is -2.11. The Balaban J connectivity index is 2.60. The molecule has 4 nitrogen and oxygen atoms in total. The van der Waals surface area contributed by atoms with E-state index >= 15 is 0 Å². The summed E-state index contributed by atoms with van der Waals surface area (Å²) in [7, 11) is 0. The zero-order valence-electron chi connectivity index (χ0n) is 10.5. The number of hydrogen-bond acceptors (Lipinski definition) is 3. The molecular formula is C12H15BrF2N2O2. The lowest BCUT2D eigenvalue weighted by molar-refractivity contribution is -0.123. The Hall–Kier alpha value is -1.21. The fraction of sp³-hybridized carbons (Fsp3) is 0.417. The average Bonchev–Trinajstić information content (AvgIpc) is 2.27. The molecule has 0 saturated carbocycles. The van der Waals surface area contributed by atoms with E-state index in [9.17, 15) is 18.7 Å². The highest BCUT2D eigenvalue weighted by molar-refractivity contribution is 9.10. The van der Waals surface area contributed by atoms with E-state index in [1.54, 1.807) is 13.8 Å². The molecule has 0 fully saturated rings. The van der Waals surface area contributed by atoms with Crippen LogP contribution in [0, 0.1) is 17.6 Å². The predicted octanol–water partition coefficient (Wildman–Crippen LogP) is 2.58. The first-order valence-electron chi connectivity index (χ1n) is 5.68. The van der Waals surface area contributed by atoms with Crippen molar-refractivity contribution in [3.8, 4) is 0 Å². The van der Waals surface area contributed by atoms with Crippen LogP contribution in [0.2, 0.25) is 0 Å². The van der Waals surface area contributed by atoms with Gasteiger partial charge in [-0.2, -0.15) is 0 Å². The van der Waals surface area contributed by atoms with Gasteiger partial charge in [-0.3, -0.25) is 15.6 Å². The number of carbonyl (C=O) groups is 1. The number of aliphatic hydroxyl groups is 1. The molecule has 0 aliphatic heterocycles. The van der Waals surface area contributed by atoms with Crippen molar-refractivity contribution < 1.29 is 18.7 Å². The van der Waals surface area contributed by atoms with Crippen LogP contribution in [0.25, 0.3) is 0 Å². The summed E-state index contributed by atoms with van der Waals surface area (Å²) in [6.45, 7) is 3.56. The minimum atomic E-state index is -0.836. The average molecular weight is 337 g/mol. The molecule has 0 aliphatic rings. The van der Waals surface area contributed by atoms with Crippen molar-refractivity contribution in [1.82, 2.24) is 5.43 Å². The van der Waals surface area contributed by atoms with Crippen molar-refractivity contribution in [1.29, 1.82) is 0 Å². The first-order valence-corrected chi connectivity index (χ1v) is 6.48. The molecule has 0 aliphatic carbocycles. The molecule has 0 heterocycles. The fourth-order valence-electron chi connectivity index (χ4n) is 1.27. The SMILES string of the molecule is CC(C)C(O)CC(=O)NNc1c(F)cc(F)cc1Br. The zero-order valence-corrected chi connectivity index (χ0v) is 12.1. The van der Waals surface area contributed by atoms with Crippen molar-refractivity contribution in [2.24, 2.45) is 5.92 Å². The van der Waals surface area contributed by atoms with Crippen molar-refractivity contribution >= 4 is 27.5 Å². The summed E-state index contributed by atoms with van der Waals surface area (Å²) in [6.07, 6.45) is -0.881. The first kappa shape index (κ1) is 15.8. The number of nitrogens with one attached hydrogen (secondary N) is 2. The molecule has 0 aromatic heterocycles. The van der Waals surface area contributed by atoms with Crippen molar-refractivity contribution in [2.45, 2.75) is 26.4 Å². The number of hydrogen-bond donors (Lipinski definition) is 3. The number of hydrazine groups is 1. The highest BCUT2D eigenvalue weighted by Crippen LogP contribution is 2.26. The van der Waals surface area contributed by atoms with E-state index in [4.69, 9.17) is 0 Å². The van der Waals surface area contributed by atoms with Crippen molar-refractivity contribution in [2.75, 3.05) is 5.43 Å². The van der Waals surface area contributed by atoms with E-state index in [-0.39, 0.29) is 22.5 Å². The summed E-state index contributed by atoms with van der Waals surface area (Å²) in [4.78, 5) is 11.5. The maximum Gasteiger partial charge on any atom is 0.240 e. The van der Waals surface area contributed by atoms with Gasteiger partial charge in [0.05, 0.1) is 12.5 Å². The van der Waals surface area contributed by atoms with Crippen molar-refractivity contribution in [3.63, 3.8) is 0 Å². The third kappa shape index (κ3) is 4.76. The Morgan fingerprint density at radius 2 is 2.05 bits per heavy atom. The molecule has 7 heteroatoms. The van der Waals surface area contributed by atoms with Crippen LogP contribution in [0.15, 0.2) is 16.6 Å². The third-order valence-electron chi connectivity index (χ3n) is 2.50. The highest BCUT2D eigenvalue weighted by atomic mass is 79.9. The molecule has 1 unspecified atom stereocenters. The fourth-order valence-corrected chi connectivity index (χ4v) is 1.78. The molecule has 0 spiro atoms. The van der Waals surface area contributed by atoms with Crippen LogP contribution < -0.4 is 10.9 Å². The van der Waals surface area contributed by atoms with E-state index in [1.165, 1.54) is 0 Å². The lowest BCUT2D eigenvalue weighted by atomic mass is 10.0. The molecule has 3 N–H and O–H groups in total. The van der Waals surface area contributed by atoms with Gasteiger partial charge in [-0.05, 0) is 27.9 Å². The largest absolute Gasteiger partial charge is 0.392 e. The molecule has 1 aromatic carbocycles. The Kier molecular flexibility index (Phi) is 5.68. The van der Waals surface area contributed by atoms with Crippen LogP contribution in [0.5, 0.6) is 0 Å². The van der Waals surface area contributed by atoms with Crippen LogP contribution in [-0.4, -0.2) is 17.1 Å². The quantitative estimate of drug-likeness (QED) is 0.724. The number of aliphatic hydroxyl groups excluding tert-OH is 1. The van der Waals surface area contributed by atoms with Crippen LogP contribution in [-0.2, 0) is 4.79 Å². The second-order valence-electron chi connectivity index (χ2n) is 4.43. The van der Waals surface area contributed by atoms with Crippen LogP contribution in [0.4, 0.5) is 14.5 Å². The normalized spacial score (nSPS) is 12.4. The van der Waals surface area contributed by atoms with E-state index < -0.39 is 23.6 Å². The molecule has 1 aromatic rings. The number of halogens is 3. The molecule has 19 heavy (non-hydrogen) atoms. The standard InChI is InChI=1S/C12H15BrF2N2O2/c1-6(2)10(18)5-11(19)16-17-12-8(13)3-7(14)4-9(12)15/h3-4,6,10,17-18H,5H2,1-2H3,(H,16,19). The topological polar surface area (TPSA) is 61.4 Å². The van der Waals surface area contributed by atoms with Crippen molar-refractivity contribution in [3.05, 3.63) is 28.2 Å².